The quantitative estimate of drug-likeness (QED) is 0.116. The highest BCUT2D eigenvalue weighted by Gasteiger charge is 2.24. The van der Waals surface area contributed by atoms with Gasteiger partial charge in [0.25, 0.3) is 0 Å². The number of para-hydroxylation sites is 1. The number of carbonyl (C=O) groups excluding carboxylic acids is 2. The second-order valence-electron chi connectivity index (χ2n) is 8.12. The molecule has 8 nitrogen and oxygen atoms in total. The molecule has 33 heavy (non-hydrogen) atoms. The Morgan fingerprint density at radius 2 is 1.97 bits per heavy atom. The normalized spacial score (nSPS) is 13.6. The highest BCUT2D eigenvalue weighted by Crippen LogP contribution is 2.26. The third-order valence-electron chi connectivity index (χ3n) is 4.06. The first-order chi connectivity index (χ1) is 15.3. The third kappa shape index (κ3) is 10.8. The largest absolute Gasteiger partial charge is 0.624 e. The van der Waals surface area contributed by atoms with E-state index in [4.69, 9.17) is 44.3 Å². The molecule has 0 aliphatic carbocycles. The summed E-state index contributed by atoms with van der Waals surface area (Å²) in [6.45, 7) is 4.88. The topological polar surface area (TPSA) is 106 Å². The summed E-state index contributed by atoms with van der Waals surface area (Å²) in [6, 6.07) is 7.00. The first-order valence-corrected chi connectivity index (χ1v) is 12.1. The van der Waals surface area contributed by atoms with E-state index in [2.05, 4.69) is 10.3 Å². The molecule has 1 atom stereocenters. The van der Waals surface area contributed by atoms with Crippen LogP contribution in [0, 0.1) is 5.21 Å². The van der Waals surface area contributed by atoms with Gasteiger partial charge >= 0.3 is 11.4 Å². The Balaban J connectivity index is 2.01. The van der Waals surface area contributed by atoms with E-state index in [1.807, 2.05) is 30.5 Å². The van der Waals surface area contributed by atoms with Crippen LogP contribution in [0.2, 0.25) is 0 Å². The lowest BCUT2D eigenvalue weighted by Crippen LogP contribution is -2.43. The molecule has 12 heteroatoms. The van der Waals surface area contributed by atoms with Crippen LogP contribution in [0.25, 0.3) is 10.9 Å². The number of H-pyrrole nitrogens is 1. The minimum absolute atomic E-state index is 0.0176. The molecule has 2 aromatic rings. The number of hydrogen-bond acceptors (Lipinski definition) is 6. The lowest BCUT2D eigenvalue weighted by molar-refractivity contribution is -0.453. The van der Waals surface area contributed by atoms with Crippen molar-refractivity contribution >= 4 is 75.1 Å². The van der Waals surface area contributed by atoms with Crippen molar-refractivity contribution in [2.75, 3.05) is 18.9 Å². The van der Waals surface area contributed by atoms with E-state index in [1.54, 1.807) is 20.8 Å². The van der Waals surface area contributed by atoms with E-state index in [-0.39, 0.29) is 12.3 Å². The summed E-state index contributed by atoms with van der Waals surface area (Å²) in [6.07, 6.45) is 2.92. The summed E-state index contributed by atoms with van der Waals surface area (Å²) < 4.78 is 9.09. The summed E-state index contributed by atoms with van der Waals surface area (Å²) >= 11 is 17.4. The van der Waals surface area contributed by atoms with Gasteiger partial charge in [0, 0.05) is 29.3 Å². The van der Waals surface area contributed by atoms with Crippen LogP contribution in [0.15, 0.2) is 30.5 Å². The van der Waals surface area contributed by atoms with Gasteiger partial charge in [0.15, 0.2) is 12.8 Å². The number of aromatic nitrogens is 1. The average molecular weight is 539 g/mol. The second kappa shape index (κ2) is 12.1. The zero-order valence-corrected chi connectivity index (χ0v) is 21.5. The molecule has 2 N–H and O–H groups in total. The monoisotopic (exact) mass is 537 g/mol. The zero-order valence-electron chi connectivity index (χ0n) is 18.4. The van der Waals surface area contributed by atoms with Gasteiger partial charge < -0.3 is 25.0 Å². The molecular weight excluding hydrogens is 513 g/mol. The van der Waals surface area contributed by atoms with Gasteiger partial charge in [0.1, 0.15) is 18.2 Å². The number of alkyl halides is 3. The van der Waals surface area contributed by atoms with Gasteiger partial charge in [0.2, 0.25) is 3.79 Å². The summed E-state index contributed by atoms with van der Waals surface area (Å²) in [5.74, 6) is 0.0176. The molecule has 182 valence electrons. The molecule has 0 aliphatic heterocycles. The van der Waals surface area contributed by atoms with Crippen molar-refractivity contribution in [2.45, 2.75) is 42.6 Å². The Morgan fingerprint density at radius 3 is 2.64 bits per heavy atom. The minimum atomic E-state index is -1.73. The number of hydrogen-bond donors (Lipinski definition) is 2. The standard InChI is InChI=1S/C21H26Cl3N3O5S/c1-20(2,3)32-18(28)26-15(12-33-19(29)31-13-21(22,23)24)11-27(30)9-8-14-10-25-17-7-5-4-6-16(14)17/h4-7,10-11,15,25H,8-9,12-13H2,1-3H3,(H,26,28)/b27-11-. The molecule has 1 heterocycles. The molecule has 0 saturated carbocycles. The number of carbonyl (C=O) groups is 2. The fourth-order valence-corrected chi connectivity index (χ4v) is 3.56. The maximum Gasteiger partial charge on any atom is 0.408 e. The summed E-state index contributed by atoms with van der Waals surface area (Å²) in [5, 5.41) is 15.5. The molecule has 0 aliphatic rings. The smallest absolute Gasteiger partial charge is 0.408 e. The second-order valence-corrected chi connectivity index (χ2v) is 11.6. The number of benzene rings is 1. The van der Waals surface area contributed by atoms with E-state index in [0.717, 1.165) is 33.0 Å². The number of halogens is 3. The van der Waals surface area contributed by atoms with Crippen LogP contribution >= 0.6 is 46.6 Å². The number of fused-ring (bicyclic) bond motifs is 1. The van der Waals surface area contributed by atoms with Gasteiger partial charge in [-0.2, -0.15) is 0 Å². The van der Waals surface area contributed by atoms with Crippen molar-refractivity contribution in [3.05, 3.63) is 41.2 Å². The minimum Gasteiger partial charge on any atom is -0.624 e. The molecule has 1 amide bonds. The maximum atomic E-state index is 12.5. The van der Waals surface area contributed by atoms with Crippen molar-refractivity contribution in [1.82, 2.24) is 10.3 Å². The Labute approximate surface area is 211 Å². The molecule has 1 aromatic carbocycles. The summed E-state index contributed by atoms with van der Waals surface area (Å²) in [5.41, 5.74) is 1.27. The number of rotatable bonds is 8. The van der Waals surface area contributed by atoms with Gasteiger partial charge in [-0.1, -0.05) is 53.0 Å². The fraction of sp³-hybridized carbons (Fsp3) is 0.476. The zero-order chi connectivity index (χ0) is 24.6. The Morgan fingerprint density at radius 1 is 1.27 bits per heavy atom. The number of hydroxylamine groups is 1. The highest BCUT2D eigenvalue weighted by atomic mass is 35.6. The van der Waals surface area contributed by atoms with E-state index < -0.39 is 33.4 Å². The van der Waals surface area contributed by atoms with Crippen molar-refractivity contribution < 1.29 is 23.8 Å². The Kier molecular flexibility index (Phi) is 10.0. The fourth-order valence-electron chi connectivity index (χ4n) is 2.77. The predicted octanol–water partition coefficient (Wildman–Crippen LogP) is 5.42. The lowest BCUT2D eigenvalue weighted by atomic mass is 10.1. The average Bonchev–Trinajstić information content (AvgIpc) is 3.10. The SMILES string of the molecule is CC(C)(C)OC(=O)NC(/C=[N+](\[O-])CCc1c[nH]c2ccccc12)CSC(=O)OCC(Cl)(Cl)Cl. The van der Waals surface area contributed by atoms with Gasteiger partial charge in [-0.15, -0.1) is 0 Å². The van der Waals surface area contributed by atoms with Gasteiger partial charge in [-0.25, -0.2) is 14.3 Å². The predicted molar refractivity (Wildman–Crippen MR) is 134 cm³/mol. The van der Waals surface area contributed by atoms with Gasteiger partial charge in [-0.05, 0) is 44.2 Å². The maximum absolute atomic E-state index is 12.5. The van der Waals surface area contributed by atoms with E-state index in [0.29, 0.717) is 6.42 Å². The number of alkyl carbamates (subject to hydrolysis) is 1. The van der Waals surface area contributed by atoms with E-state index >= 15 is 0 Å². The van der Waals surface area contributed by atoms with Gasteiger partial charge in [0.05, 0.1) is 0 Å². The van der Waals surface area contributed by atoms with E-state index in [9.17, 15) is 14.8 Å². The molecule has 1 unspecified atom stereocenters. The number of nitrogens with one attached hydrogen (secondary N) is 2. The number of aromatic amines is 1. The Bertz CT molecular complexity index is 985. The molecular formula is C21H26Cl3N3O5S. The molecule has 1 aromatic heterocycles. The molecule has 0 spiro atoms. The first-order valence-electron chi connectivity index (χ1n) is 10.0. The Hall–Kier alpha value is -1.81. The van der Waals surface area contributed by atoms with E-state index in [1.165, 1.54) is 6.21 Å². The van der Waals surface area contributed by atoms with Crippen molar-refractivity contribution in [3.63, 3.8) is 0 Å². The third-order valence-corrected chi connectivity index (χ3v) is 5.27. The van der Waals surface area contributed by atoms with Crippen LogP contribution in [-0.2, 0) is 15.9 Å². The molecule has 0 saturated heterocycles. The van der Waals surface area contributed by atoms with Crippen molar-refractivity contribution in [2.24, 2.45) is 0 Å². The lowest BCUT2D eigenvalue weighted by Gasteiger charge is -2.21. The van der Waals surface area contributed by atoms with Crippen LogP contribution in [0.4, 0.5) is 9.59 Å². The number of thioether (sulfide) groups is 1. The van der Waals surface area contributed by atoms with Crippen LogP contribution in [-0.4, -0.2) is 61.7 Å². The van der Waals surface area contributed by atoms with Crippen LogP contribution < -0.4 is 5.32 Å². The summed E-state index contributed by atoms with van der Waals surface area (Å²) in [4.78, 5) is 27.3. The van der Waals surface area contributed by atoms with Crippen LogP contribution in [0.3, 0.4) is 0 Å². The molecule has 2 rings (SSSR count). The van der Waals surface area contributed by atoms with Crippen molar-refractivity contribution in [3.8, 4) is 0 Å². The van der Waals surface area contributed by atoms with Crippen LogP contribution in [0.1, 0.15) is 26.3 Å². The number of nitrogens with zero attached hydrogens (tertiary/aromatic N) is 1. The van der Waals surface area contributed by atoms with Crippen LogP contribution in [0.5, 0.6) is 0 Å². The summed E-state index contributed by atoms with van der Waals surface area (Å²) in [7, 11) is 0. The molecule has 0 fully saturated rings. The van der Waals surface area contributed by atoms with Crippen molar-refractivity contribution in [1.29, 1.82) is 0 Å². The first kappa shape index (κ1) is 27.4. The molecule has 0 bridgehead atoms. The highest BCUT2D eigenvalue weighted by molar-refractivity contribution is 8.13. The van der Waals surface area contributed by atoms with Gasteiger partial charge in [-0.3, -0.25) is 0 Å². The number of ether oxygens (including phenoxy) is 2. The number of amides is 1. The molecule has 0 radical (unpaired) electrons.